The van der Waals surface area contributed by atoms with Gasteiger partial charge in [-0.3, -0.25) is 9.79 Å². The summed E-state index contributed by atoms with van der Waals surface area (Å²) in [6.07, 6.45) is 4.81. The molecule has 0 saturated carbocycles. The van der Waals surface area contributed by atoms with Crippen LogP contribution < -0.4 is 15.5 Å². The Hall–Kier alpha value is -1.96. The van der Waals surface area contributed by atoms with E-state index in [1.165, 1.54) is 18.6 Å². The van der Waals surface area contributed by atoms with Crippen molar-refractivity contribution in [3.63, 3.8) is 0 Å². The summed E-state index contributed by atoms with van der Waals surface area (Å²) in [5.74, 6) is 3.24. The van der Waals surface area contributed by atoms with E-state index < -0.39 is 0 Å². The largest absolute Gasteiger partial charge is 0.357 e. The van der Waals surface area contributed by atoms with Crippen LogP contribution >= 0.6 is 11.8 Å². The molecule has 3 heterocycles. The number of hydrogen-bond acceptors (Lipinski definition) is 5. The third-order valence-corrected chi connectivity index (χ3v) is 6.98. The van der Waals surface area contributed by atoms with E-state index in [2.05, 4.69) is 34.4 Å². The van der Waals surface area contributed by atoms with Crippen LogP contribution in [0.15, 0.2) is 29.4 Å². The molecule has 2 N–H and O–H groups in total. The maximum absolute atomic E-state index is 12.6. The van der Waals surface area contributed by atoms with Gasteiger partial charge in [-0.15, -0.1) is 0 Å². The second-order valence-electron chi connectivity index (χ2n) is 7.83. The third-order valence-electron chi connectivity index (χ3n) is 5.45. The molecule has 0 aliphatic carbocycles. The second kappa shape index (κ2) is 10.7. The number of piperazine rings is 1. The van der Waals surface area contributed by atoms with E-state index in [4.69, 9.17) is 4.99 Å². The number of amides is 1. The summed E-state index contributed by atoms with van der Waals surface area (Å²) in [6.45, 7) is 9.76. The van der Waals surface area contributed by atoms with Crippen LogP contribution in [0.4, 0.5) is 5.82 Å². The molecule has 1 unspecified atom stereocenters. The zero-order valence-electron chi connectivity index (χ0n) is 17.7. The normalized spacial score (nSPS) is 22.6. The highest BCUT2D eigenvalue weighted by atomic mass is 32.2. The fourth-order valence-electron chi connectivity index (χ4n) is 3.72. The number of carbonyl (C=O) groups excluding carboxylic acids is 1. The first-order chi connectivity index (χ1) is 14.1. The first-order valence-corrected chi connectivity index (χ1v) is 11.7. The van der Waals surface area contributed by atoms with Crippen molar-refractivity contribution < 1.29 is 4.79 Å². The molecule has 3 rings (SSSR count). The number of nitrogens with zero attached hydrogens (tertiary/aromatic N) is 4. The molecular formula is C21H34N6OS. The zero-order valence-corrected chi connectivity index (χ0v) is 18.5. The van der Waals surface area contributed by atoms with Gasteiger partial charge in [0.05, 0.1) is 6.54 Å². The lowest BCUT2D eigenvalue weighted by Gasteiger charge is -2.35. The van der Waals surface area contributed by atoms with E-state index in [-0.39, 0.29) is 10.7 Å². The number of carbonyl (C=O) groups is 1. The highest BCUT2D eigenvalue weighted by molar-refractivity contribution is 8.00. The van der Waals surface area contributed by atoms with Crippen LogP contribution in [-0.4, -0.2) is 78.1 Å². The van der Waals surface area contributed by atoms with Crippen molar-refractivity contribution in [3.8, 4) is 0 Å². The first kappa shape index (κ1) is 21.7. The molecule has 2 saturated heterocycles. The van der Waals surface area contributed by atoms with Crippen molar-refractivity contribution in [2.75, 3.05) is 56.5 Å². The molecule has 0 bridgehead atoms. The van der Waals surface area contributed by atoms with Gasteiger partial charge in [0, 0.05) is 56.6 Å². The summed E-state index contributed by atoms with van der Waals surface area (Å²) in [5, 5.41) is 6.62. The molecule has 1 aromatic heterocycles. The average molecular weight is 419 g/mol. The quantitative estimate of drug-likeness (QED) is 0.521. The SMILES string of the molecule is CCNC(=NCC1(C)CCCS1)NCCC(=O)N1CCN(c2ccccn2)CC1. The van der Waals surface area contributed by atoms with E-state index in [9.17, 15) is 4.79 Å². The van der Waals surface area contributed by atoms with Gasteiger partial charge in [0.25, 0.3) is 0 Å². The standard InChI is InChI=1S/C21H34N6OS/c1-3-22-20(25-17-21(2)9-6-16-29-21)24-11-8-19(28)27-14-12-26(13-15-27)18-7-4-5-10-23-18/h4-5,7,10H,3,6,8-9,11-17H2,1-2H3,(H2,22,24,25). The van der Waals surface area contributed by atoms with Crippen LogP contribution in [-0.2, 0) is 4.79 Å². The van der Waals surface area contributed by atoms with Gasteiger partial charge in [-0.25, -0.2) is 4.98 Å². The van der Waals surface area contributed by atoms with E-state index in [1.54, 1.807) is 0 Å². The lowest BCUT2D eigenvalue weighted by Crippen LogP contribution is -2.49. The van der Waals surface area contributed by atoms with E-state index in [0.717, 1.165) is 51.0 Å². The summed E-state index contributed by atoms with van der Waals surface area (Å²) in [4.78, 5) is 25.9. The Labute approximate surface area is 178 Å². The van der Waals surface area contributed by atoms with Crippen molar-refractivity contribution in [3.05, 3.63) is 24.4 Å². The fraction of sp³-hybridized carbons (Fsp3) is 0.667. The van der Waals surface area contributed by atoms with Crippen molar-refractivity contribution in [2.45, 2.75) is 37.9 Å². The van der Waals surface area contributed by atoms with Crippen molar-refractivity contribution in [1.29, 1.82) is 0 Å². The third kappa shape index (κ3) is 6.52. The second-order valence-corrected chi connectivity index (χ2v) is 9.51. The van der Waals surface area contributed by atoms with E-state index in [1.807, 2.05) is 41.1 Å². The molecular weight excluding hydrogens is 384 g/mol. The molecule has 1 aromatic rings. The fourth-order valence-corrected chi connectivity index (χ4v) is 4.95. The Balaban J connectivity index is 1.40. The predicted molar refractivity (Wildman–Crippen MR) is 122 cm³/mol. The molecule has 0 spiro atoms. The highest BCUT2D eigenvalue weighted by Crippen LogP contribution is 2.37. The summed E-state index contributed by atoms with van der Waals surface area (Å²) >= 11 is 2.02. The molecule has 2 aliphatic rings. The highest BCUT2D eigenvalue weighted by Gasteiger charge is 2.29. The summed E-state index contributed by atoms with van der Waals surface area (Å²) < 4.78 is 0.255. The van der Waals surface area contributed by atoms with Crippen molar-refractivity contribution >= 4 is 29.4 Å². The predicted octanol–water partition coefficient (Wildman–Crippen LogP) is 1.96. The Kier molecular flexibility index (Phi) is 8.03. The van der Waals surface area contributed by atoms with Gasteiger partial charge in [0.2, 0.25) is 5.91 Å². The Bertz CT molecular complexity index is 669. The van der Waals surface area contributed by atoms with Gasteiger partial charge >= 0.3 is 0 Å². The number of hydrogen-bond donors (Lipinski definition) is 2. The maximum atomic E-state index is 12.6. The summed E-state index contributed by atoms with van der Waals surface area (Å²) in [6, 6.07) is 5.95. The number of aliphatic imine (C=N–C) groups is 1. The van der Waals surface area contributed by atoms with Crippen LogP contribution in [0.2, 0.25) is 0 Å². The monoisotopic (exact) mass is 418 g/mol. The van der Waals surface area contributed by atoms with Gasteiger partial charge in [-0.2, -0.15) is 11.8 Å². The Morgan fingerprint density at radius 1 is 1.28 bits per heavy atom. The zero-order chi connectivity index (χ0) is 20.5. The molecule has 0 radical (unpaired) electrons. The number of guanidine groups is 1. The first-order valence-electron chi connectivity index (χ1n) is 10.7. The molecule has 1 atom stereocenters. The maximum Gasteiger partial charge on any atom is 0.224 e. The number of pyridine rings is 1. The molecule has 29 heavy (non-hydrogen) atoms. The van der Waals surface area contributed by atoms with Crippen molar-refractivity contribution in [2.24, 2.45) is 4.99 Å². The molecule has 160 valence electrons. The average Bonchev–Trinajstić information content (AvgIpc) is 3.19. The molecule has 1 amide bonds. The minimum absolute atomic E-state index is 0.201. The molecule has 2 fully saturated rings. The minimum Gasteiger partial charge on any atom is -0.357 e. The van der Waals surface area contributed by atoms with Gasteiger partial charge in [0.15, 0.2) is 5.96 Å². The smallest absolute Gasteiger partial charge is 0.224 e. The van der Waals surface area contributed by atoms with E-state index in [0.29, 0.717) is 13.0 Å². The molecule has 7 nitrogen and oxygen atoms in total. The Morgan fingerprint density at radius 3 is 2.76 bits per heavy atom. The molecule has 8 heteroatoms. The number of aromatic nitrogens is 1. The van der Waals surface area contributed by atoms with Crippen LogP contribution in [0.5, 0.6) is 0 Å². The Morgan fingerprint density at radius 2 is 2.10 bits per heavy atom. The van der Waals surface area contributed by atoms with Gasteiger partial charge in [0.1, 0.15) is 5.82 Å². The number of anilines is 1. The summed E-state index contributed by atoms with van der Waals surface area (Å²) in [7, 11) is 0. The van der Waals surface area contributed by atoms with Gasteiger partial charge in [-0.05, 0) is 44.6 Å². The molecule has 2 aliphatic heterocycles. The lowest BCUT2D eigenvalue weighted by atomic mass is 10.1. The lowest BCUT2D eigenvalue weighted by molar-refractivity contribution is -0.131. The van der Waals surface area contributed by atoms with Crippen LogP contribution in [0, 0.1) is 0 Å². The number of thioether (sulfide) groups is 1. The van der Waals surface area contributed by atoms with Crippen LogP contribution in [0.3, 0.4) is 0 Å². The number of nitrogens with one attached hydrogen (secondary N) is 2. The van der Waals surface area contributed by atoms with Gasteiger partial charge in [-0.1, -0.05) is 6.07 Å². The summed E-state index contributed by atoms with van der Waals surface area (Å²) in [5.41, 5.74) is 0. The van der Waals surface area contributed by atoms with Crippen LogP contribution in [0.25, 0.3) is 0 Å². The van der Waals surface area contributed by atoms with Crippen LogP contribution in [0.1, 0.15) is 33.1 Å². The van der Waals surface area contributed by atoms with Gasteiger partial charge < -0.3 is 20.4 Å². The van der Waals surface area contributed by atoms with E-state index >= 15 is 0 Å². The van der Waals surface area contributed by atoms with Crippen molar-refractivity contribution in [1.82, 2.24) is 20.5 Å². The topological polar surface area (TPSA) is 72.9 Å². The number of rotatable bonds is 7. The molecule has 0 aromatic carbocycles. The minimum atomic E-state index is 0.201.